The lowest BCUT2D eigenvalue weighted by atomic mass is 10.0. The van der Waals surface area contributed by atoms with Crippen molar-refractivity contribution < 1.29 is 42.9 Å². The molecule has 9 nitrogen and oxygen atoms in total. The number of likely N-dealkylation sites (N-methyl/N-ethyl adjacent to an activating group) is 1. The minimum atomic E-state index is -1.63. The van der Waals surface area contributed by atoms with Gasteiger partial charge in [0.2, 0.25) is 0 Å². The van der Waals surface area contributed by atoms with Crippen molar-refractivity contribution in [3.05, 3.63) is 134 Å². The molecule has 2 atom stereocenters. The molecule has 0 rings (SSSR count). The second-order valence-corrected chi connectivity index (χ2v) is 26.5. The average Bonchev–Trinajstić information content (AvgIpc) is 3.38. The van der Waals surface area contributed by atoms with E-state index in [0.717, 1.165) is 103 Å². The van der Waals surface area contributed by atoms with E-state index in [1.54, 1.807) is 0 Å². The Labute approximate surface area is 573 Å². The molecule has 0 fully saturated rings. The van der Waals surface area contributed by atoms with Gasteiger partial charge in [0.05, 0.1) is 40.3 Å². The van der Waals surface area contributed by atoms with E-state index in [-0.39, 0.29) is 38.6 Å². The van der Waals surface area contributed by atoms with Gasteiger partial charge in [0, 0.05) is 12.8 Å². The van der Waals surface area contributed by atoms with E-state index in [9.17, 15) is 19.5 Å². The lowest BCUT2D eigenvalue weighted by molar-refractivity contribution is -0.870. The van der Waals surface area contributed by atoms with E-state index in [4.69, 9.17) is 18.9 Å². The van der Waals surface area contributed by atoms with Crippen LogP contribution in [0.1, 0.15) is 322 Å². The molecule has 0 heterocycles. The second-order valence-electron chi connectivity index (χ2n) is 26.5. The predicted octanol–water partition coefficient (Wildman–Crippen LogP) is 23.1. The van der Waals surface area contributed by atoms with Crippen molar-refractivity contribution in [1.29, 1.82) is 0 Å². The van der Waals surface area contributed by atoms with Crippen LogP contribution in [0.5, 0.6) is 0 Å². The number of hydrogen-bond acceptors (Lipinski definition) is 8. The molecule has 0 aromatic carbocycles. The number of unbranched alkanes of at least 4 members (excludes halogenated alkanes) is 33. The van der Waals surface area contributed by atoms with E-state index in [0.29, 0.717) is 17.4 Å². The van der Waals surface area contributed by atoms with Crippen LogP contribution in [0.4, 0.5) is 0 Å². The normalized spacial score (nSPS) is 13.4. The predicted molar refractivity (Wildman–Crippen MR) is 398 cm³/mol. The molecule has 0 aromatic heterocycles. The van der Waals surface area contributed by atoms with E-state index >= 15 is 0 Å². The fraction of sp³-hybridized carbons (Fsp3) is 0.702. The van der Waals surface area contributed by atoms with E-state index in [1.807, 2.05) is 21.1 Å². The number of carboxylic acids is 1. The third-order valence-electron chi connectivity index (χ3n) is 16.4. The summed E-state index contributed by atoms with van der Waals surface area (Å²) in [5.41, 5.74) is 0. The third kappa shape index (κ3) is 74.7. The molecule has 532 valence electrons. The van der Waals surface area contributed by atoms with Gasteiger partial charge in [0.25, 0.3) is 0 Å². The number of rotatable bonds is 70. The standard InChI is InChI=1S/C84H143NO8/c1-6-8-10-12-14-16-18-20-22-24-26-28-30-32-34-36-37-38-39-40-41-42-43-44-45-47-49-51-53-55-57-59-61-63-65-67-69-71-73-75-82(87)93-80(79-92-84(83(88)89)90-77-76-85(3,4)5)78-91-81(86)74-72-70-68-66-64-62-60-58-56-54-52-50-48-46-35-33-31-29-27-25-23-21-19-17-15-13-11-9-7-2/h8-11,14-17,20-23,26-29,32-35,37-38,80,84H,6-7,12-13,18-19,24-25,30-31,36,39-79H2,1-5H3/b10-8-,11-9-,16-14-,17-15-,22-20-,23-21-,28-26-,29-27-,34-32-,35-33-,38-37-. The molecule has 0 saturated heterocycles. The van der Waals surface area contributed by atoms with Crippen LogP contribution in [-0.4, -0.2) is 82.3 Å². The number of carbonyl (C=O) groups is 3. The zero-order chi connectivity index (χ0) is 67.5. The van der Waals surface area contributed by atoms with Crippen LogP contribution in [0.2, 0.25) is 0 Å². The Morgan fingerprint density at radius 2 is 0.581 bits per heavy atom. The quantitative estimate of drug-likeness (QED) is 0.0195. The third-order valence-corrected chi connectivity index (χ3v) is 16.4. The molecule has 0 aliphatic heterocycles. The number of carbonyl (C=O) groups excluding carboxylic acids is 3. The van der Waals surface area contributed by atoms with E-state index in [1.165, 1.54) is 186 Å². The molecular formula is C84H143NO8. The summed E-state index contributed by atoms with van der Waals surface area (Å²) in [7, 11) is 5.94. The number of esters is 2. The number of hydrogen-bond donors (Lipinski definition) is 0. The summed E-state index contributed by atoms with van der Waals surface area (Å²) in [6, 6.07) is 0. The molecule has 0 N–H and O–H groups in total. The number of carboxylic acid groups (broad SMARTS) is 1. The molecule has 0 aromatic rings. The molecule has 0 spiro atoms. The topological polar surface area (TPSA) is 111 Å². The van der Waals surface area contributed by atoms with Crippen LogP contribution in [-0.2, 0) is 33.3 Å². The zero-order valence-electron chi connectivity index (χ0n) is 60.8. The van der Waals surface area contributed by atoms with E-state index < -0.39 is 24.3 Å². The van der Waals surface area contributed by atoms with Gasteiger partial charge >= 0.3 is 11.9 Å². The minimum absolute atomic E-state index is 0.144. The summed E-state index contributed by atoms with van der Waals surface area (Å²) >= 11 is 0. The van der Waals surface area contributed by atoms with Crippen LogP contribution in [0.25, 0.3) is 0 Å². The van der Waals surface area contributed by atoms with Crippen LogP contribution < -0.4 is 5.11 Å². The Morgan fingerprint density at radius 3 is 0.860 bits per heavy atom. The minimum Gasteiger partial charge on any atom is -0.545 e. The molecule has 2 unspecified atom stereocenters. The smallest absolute Gasteiger partial charge is 0.306 e. The van der Waals surface area contributed by atoms with Crippen molar-refractivity contribution in [2.24, 2.45) is 0 Å². The summed E-state index contributed by atoms with van der Waals surface area (Å²) in [4.78, 5) is 37.6. The van der Waals surface area contributed by atoms with Crippen LogP contribution in [0.3, 0.4) is 0 Å². The van der Waals surface area contributed by atoms with Crippen molar-refractivity contribution in [1.82, 2.24) is 0 Å². The Bertz CT molecular complexity index is 2000. The lowest BCUT2D eigenvalue weighted by Crippen LogP contribution is -2.44. The highest BCUT2D eigenvalue weighted by Crippen LogP contribution is 2.18. The SMILES string of the molecule is CC/C=C\C/C=C\C/C=C\C/C=C\C/C=C\C/C=C\CCCCCCCCCCCCCCCCCCCCCCC(=O)OC(COC(=O)CCCCCCCCCCCCCCC/C=C\C/C=C\C/C=C\C/C=C\C/C=C\CC)COC(OCC[N+](C)(C)C)C(=O)[O-]. The summed E-state index contributed by atoms with van der Waals surface area (Å²) in [5.74, 6) is -2.28. The number of allylic oxidation sites excluding steroid dienone is 22. The van der Waals surface area contributed by atoms with Gasteiger partial charge in [-0.05, 0) is 109 Å². The van der Waals surface area contributed by atoms with Gasteiger partial charge < -0.3 is 33.3 Å². The molecule has 0 amide bonds. The van der Waals surface area contributed by atoms with Crippen LogP contribution in [0, 0.1) is 0 Å². The molecule has 9 heteroatoms. The maximum Gasteiger partial charge on any atom is 0.306 e. The van der Waals surface area contributed by atoms with Gasteiger partial charge in [0.1, 0.15) is 13.2 Å². The first kappa shape index (κ1) is 88.4. The van der Waals surface area contributed by atoms with Crippen molar-refractivity contribution in [3.63, 3.8) is 0 Å². The first-order valence-electron chi connectivity index (χ1n) is 38.3. The molecule has 0 aliphatic carbocycles. The fourth-order valence-electron chi connectivity index (χ4n) is 10.6. The van der Waals surface area contributed by atoms with Gasteiger partial charge in [-0.1, -0.05) is 334 Å². The summed E-state index contributed by atoms with van der Waals surface area (Å²) in [6.07, 6.45) is 103. The molecule has 0 bridgehead atoms. The van der Waals surface area contributed by atoms with Gasteiger partial charge in [-0.25, -0.2) is 0 Å². The first-order valence-corrected chi connectivity index (χ1v) is 38.3. The molecule has 0 aliphatic rings. The van der Waals surface area contributed by atoms with Crippen molar-refractivity contribution in [3.8, 4) is 0 Å². The van der Waals surface area contributed by atoms with Crippen LogP contribution in [0.15, 0.2) is 134 Å². The number of quaternary nitrogens is 1. The zero-order valence-corrected chi connectivity index (χ0v) is 60.8. The van der Waals surface area contributed by atoms with Gasteiger partial charge in [0.15, 0.2) is 12.4 Å². The van der Waals surface area contributed by atoms with Gasteiger partial charge in [-0.2, -0.15) is 0 Å². The molecule has 0 saturated carbocycles. The fourth-order valence-corrected chi connectivity index (χ4v) is 10.6. The number of nitrogens with zero attached hydrogens (tertiary/aromatic N) is 1. The summed E-state index contributed by atoms with van der Waals surface area (Å²) < 4.78 is 22.9. The lowest BCUT2D eigenvalue weighted by Gasteiger charge is -2.26. The van der Waals surface area contributed by atoms with Gasteiger partial charge in [-0.15, -0.1) is 0 Å². The maximum absolute atomic E-state index is 13.0. The largest absolute Gasteiger partial charge is 0.545 e. The van der Waals surface area contributed by atoms with E-state index in [2.05, 4.69) is 148 Å². The monoisotopic (exact) mass is 1290 g/mol. The van der Waals surface area contributed by atoms with Crippen molar-refractivity contribution in [2.45, 2.75) is 334 Å². The molecule has 93 heavy (non-hydrogen) atoms. The highest BCUT2D eigenvalue weighted by atomic mass is 16.7. The summed E-state index contributed by atoms with van der Waals surface area (Å²) in [6.45, 7) is 4.55. The van der Waals surface area contributed by atoms with Crippen molar-refractivity contribution >= 4 is 17.9 Å². The maximum atomic E-state index is 13.0. The first-order chi connectivity index (χ1) is 45.6. The van der Waals surface area contributed by atoms with Gasteiger partial charge in [-0.3, -0.25) is 9.59 Å². The second kappa shape index (κ2) is 73.2. The highest BCUT2D eigenvalue weighted by molar-refractivity contribution is 5.70. The Morgan fingerprint density at radius 1 is 0.323 bits per heavy atom. The highest BCUT2D eigenvalue weighted by Gasteiger charge is 2.22. The Hall–Kier alpha value is -4.57. The Balaban J connectivity index is 4.04. The molecule has 0 radical (unpaired) electrons. The molecular weight excluding hydrogens is 1150 g/mol. The summed E-state index contributed by atoms with van der Waals surface area (Å²) in [5, 5.41) is 11.9. The van der Waals surface area contributed by atoms with Crippen molar-refractivity contribution in [2.75, 3.05) is 47.5 Å². The number of aliphatic carboxylic acids is 1. The average molecular weight is 1300 g/mol. The Kier molecular flexibility index (Phi) is 69.6. The van der Waals surface area contributed by atoms with Crippen LogP contribution >= 0.6 is 0 Å². The number of ether oxygens (including phenoxy) is 4.